The van der Waals surface area contributed by atoms with Crippen LogP contribution in [0, 0.1) is 23.3 Å². The highest BCUT2D eigenvalue weighted by Crippen LogP contribution is 2.40. The van der Waals surface area contributed by atoms with Gasteiger partial charge in [-0.05, 0) is 23.8 Å². The van der Waals surface area contributed by atoms with Crippen LogP contribution in [0.2, 0.25) is 0 Å². The lowest BCUT2D eigenvalue weighted by Crippen LogP contribution is -2.24. The van der Waals surface area contributed by atoms with Crippen LogP contribution < -0.4 is 10.5 Å². The smallest absolute Gasteiger partial charge is 0.194 e. The van der Waals surface area contributed by atoms with Crippen LogP contribution in [0.5, 0.6) is 5.75 Å². The summed E-state index contributed by atoms with van der Waals surface area (Å²) in [5, 5.41) is 0. The quantitative estimate of drug-likeness (QED) is 0.642. The molecule has 2 aromatic carbocycles. The monoisotopic (exact) mass is 297 g/mol. The lowest BCUT2D eigenvalue weighted by Gasteiger charge is -2.30. The number of ether oxygens (including phenoxy) is 1. The Hall–Kier alpha value is -2.08. The van der Waals surface area contributed by atoms with Gasteiger partial charge in [-0.15, -0.1) is 0 Å². The van der Waals surface area contributed by atoms with Gasteiger partial charge in [0.1, 0.15) is 17.7 Å². The Labute approximate surface area is 118 Å². The Morgan fingerprint density at radius 2 is 1.67 bits per heavy atom. The summed E-state index contributed by atoms with van der Waals surface area (Å²) >= 11 is 0. The third-order valence-corrected chi connectivity index (χ3v) is 3.49. The Balaban J connectivity index is 1.99. The van der Waals surface area contributed by atoms with Crippen molar-refractivity contribution in [1.82, 2.24) is 0 Å². The number of hydrogen-bond donors (Lipinski definition) is 1. The van der Waals surface area contributed by atoms with E-state index in [2.05, 4.69) is 0 Å². The first-order valence-electron chi connectivity index (χ1n) is 6.32. The first-order valence-corrected chi connectivity index (χ1v) is 6.32. The predicted octanol–water partition coefficient (Wildman–Crippen LogP) is 3.77. The largest absolute Gasteiger partial charge is 0.485 e. The summed E-state index contributed by atoms with van der Waals surface area (Å²) in [6.45, 7) is 0. The van der Waals surface area contributed by atoms with Gasteiger partial charge in [-0.1, -0.05) is 6.07 Å². The molecule has 0 amide bonds. The van der Waals surface area contributed by atoms with Gasteiger partial charge >= 0.3 is 0 Å². The van der Waals surface area contributed by atoms with E-state index in [9.17, 15) is 17.6 Å². The van der Waals surface area contributed by atoms with Crippen molar-refractivity contribution in [1.29, 1.82) is 0 Å². The lowest BCUT2D eigenvalue weighted by atomic mass is 9.93. The SMILES string of the molecule is N[C@@H]1CC(c2cc(F)c(F)c(F)c2)Oc2cc(F)ccc21. The molecule has 2 nitrogen and oxygen atoms in total. The van der Waals surface area contributed by atoms with E-state index < -0.39 is 35.4 Å². The molecule has 0 fully saturated rings. The summed E-state index contributed by atoms with van der Waals surface area (Å²) < 4.78 is 58.3. The molecule has 0 bridgehead atoms. The van der Waals surface area contributed by atoms with Crippen LogP contribution in [0.1, 0.15) is 29.7 Å². The maximum atomic E-state index is 13.3. The van der Waals surface area contributed by atoms with Crippen molar-refractivity contribution in [3.63, 3.8) is 0 Å². The summed E-state index contributed by atoms with van der Waals surface area (Å²) in [6, 6.07) is 5.20. The van der Waals surface area contributed by atoms with Crippen LogP contribution in [0.3, 0.4) is 0 Å². The fourth-order valence-electron chi connectivity index (χ4n) is 2.44. The predicted molar refractivity (Wildman–Crippen MR) is 67.6 cm³/mol. The molecule has 3 rings (SSSR count). The molecule has 1 aliphatic rings. The fourth-order valence-corrected chi connectivity index (χ4v) is 2.44. The van der Waals surface area contributed by atoms with Crippen molar-refractivity contribution >= 4 is 0 Å². The Bertz CT molecular complexity index is 681. The third-order valence-electron chi connectivity index (χ3n) is 3.49. The average Bonchev–Trinajstić information content (AvgIpc) is 2.43. The van der Waals surface area contributed by atoms with Crippen LogP contribution in [-0.2, 0) is 0 Å². The molecule has 2 N–H and O–H groups in total. The number of hydrogen-bond acceptors (Lipinski definition) is 2. The summed E-state index contributed by atoms with van der Waals surface area (Å²) in [5.74, 6) is -4.41. The van der Waals surface area contributed by atoms with E-state index in [0.29, 0.717) is 5.56 Å². The normalized spacial score (nSPS) is 20.8. The van der Waals surface area contributed by atoms with E-state index >= 15 is 0 Å². The molecule has 0 saturated carbocycles. The van der Waals surface area contributed by atoms with Gasteiger partial charge in [-0.3, -0.25) is 0 Å². The second-order valence-electron chi connectivity index (χ2n) is 4.93. The molecular weight excluding hydrogens is 286 g/mol. The molecule has 110 valence electrons. The van der Waals surface area contributed by atoms with Crippen molar-refractivity contribution in [3.8, 4) is 5.75 Å². The molecule has 2 aromatic rings. The molecular formula is C15H11F4NO. The van der Waals surface area contributed by atoms with Gasteiger partial charge in [0.15, 0.2) is 17.5 Å². The van der Waals surface area contributed by atoms with Crippen molar-refractivity contribution in [2.75, 3.05) is 0 Å². The van der Waals surface area contributed by atoms with E-state index in [-0.39, 0.29) is 17.7 Å². The maximum Gasteiger partial charge on any atom is 0.194 e. The highest BCUT2D eigenvalue weighted by Gasteiger charge is 2.28. The second kappa shape index (κ2) is 5.04. The molecule has 1 aliphatic heterocycles. The minimum absolute atomic E-state index is 0.122. The summed E-state index contributed by atoms with van der Waals surface area (Å²) in [6.07, 6.45) is -0.512. The minimum Gasteiger partial charge on any atom is -0.485 e. The topological polar surface area (TPSA) is 35.2 Å². The van der Waals surface area contributed by atoms with Gasteiger partial charge < -0.3 is 10.5 Å². The number of fused-ring (bicyclic) bond motifs is 1. The molecule has 21 heavy (non-hydrogen) atoms. The van der Waals surface area contributed by atoms with E-state index in [4.69, 9.17) is 10.5 Å². The molecule has 0 spiro atoms. The Kier molecular flexibility index (Phi) is 3.33. The average molecular weight is 297 g/mol. The van der Waals surface area contributed by atoms with E-state index in [1.165, 1.54) is 12.1 Å². The van der Waals surface area contributed by atoms with Crippen LogP contribution in [0.25, 0.3) is 0 Å². The molecule has 2 atom stereocenters. The first kappa shape index (κ1) is 13.9. The zero-order valence-corrected chi connectivity index (χ0v) is 10.7. The fraction of sp³-hybridized carbons (Fsp3) is 0.200. The lowest BCUT2D eigenvalue weighted by molar-refractivity contribution is 0.159. The van der Waals surface area contributed by atoms with Crippen molar-refractivity contribution < 1.29 is 22.3 Å². The van der Waals surface area contributed by atoms with Crippen LogP contribution in [0.15, 0.2) is 30.3 Å². The van der Waals surface area contributed by atoms with E-state index in [1.54, 1.807) is 0 Å². The number of halogens is 4. The van der Waals surface area contributed by atoms with Gasteiger partial charge in [0.05, 0.1) is 0 Å². The second-order valence-corrected chi connectivity index (χ2v) is 4.93. The molecule has 0 radical (unpaired) electrons. The summed E-state index contributed by atoms with van der Waals surface area (Å²) in [4.78, 5) is 0. The van der Waals surface area contributed by atoms with Crippen LogP contribution >= 0.6 is 0 Å². The Morgan fingerprint density at radius 1 is 1.00 bits per heavy atom. The standard InChI is InChI=1S/C15H11F4NO/c16-8-1-2-9-12(20)6-13(21-14(9)5-8)7-3-10(17)15(19)11(18)4-7/h1-5,12-13H,6,20H2/t12-,13?/m1/s1. The van der Waals surface area contributed by atoms with Gasteiger partial charge in [0.25, 0.3) is 0 Å². The molecule has 6 heteroatoms. The van der Waals surface area contributed by atoms with Gasteiger partial charge in [0, 0.05) is 24.1 Å². The van der Waals surface area contributed by atoms with E-state index in [0.717, 1.165) is 18.2 Å². The molecule has 0 saturated heterocycles. The number of nitrogens with two attached hydrogens (primary N) is 1. The van der Waals surface area contributed by atoms with Crippen LogP contribution in [0.4, 0.5) is 17.6 Å². The first-order chi connectivity index (χ1) is 9.95. The number of benzene rings is 2. The maximum absolute atomic E-state index is 13.3. The van der Waals surface area contributed by atoms with Crippen molar-refractivity contribution in [3.05, 3.63) is 64.7 Å². The third kappa shape index (κ3) is 2.47. The highest BCUT2D eigenvalue weighted by molar-refractivity contribution is 5.39. The highest BCUT2D eigenvalue weighted by atomic mass is 19.2. The molecule has 1 heterocycles. The van der Waals surface area contributed by atoms with Crippen molar-refractivity contribution in [2.45, 2.75) is 18.6 Å². The minimum atomic E-state index is -1.54. The zero-order valence-electron chi connectivity index (χ0n) is 10.7. The molecule has 0 aromatic heterocycles. The zero-order chi connectivity index (χ0) is 15.1. The molecule has 1 unspecified atom stereocenters. The van der Waals surface area contributed by atoms with Crippen LogP contribution in [-0.4, -0.2) is 0 Å². The van der Waals surface area contributed by atoms with Gasteiger partial charge in [0.2, 0.25) is 0 Å². The number of rotatable bonds is 1. The molecule has 0 aliphatic carbocycles. The Morgan fingerprint density at radius 3 is 2.33 bits per heavy atom. The summed E-state index contributed by atoms with van der Waals surface area (Å²) in [7, 11) is 0. The van der Waals surface area contributed by atoms with Gasteiger partial charge in [-0.2, -0.15) is 0 Å². The van der Waals surface area contributed by atoms with Crippen molar-refractivity contribution in [2.24, 2.45) is 5.73 Å². The summed E-state index contributed by atoms with van der Waals surface area (Å²) in [5.41, 5.74) is 6.71. The van der Waals surface area contributed by atoms with E-state index in [1.807, 2.05) is 0 Å². The van der Waals surface area contributed by atoms with Gasteiger partial charge in [-0.25, -0.2) is 17.6 Å².